The van der Waals surface area contributed by atoms with Gasteiger partial charge in [0.05, 0.1) is 0 Å². The monoisotopic (exact) mass is 311 g/mol. The third kappa shape index (κ3) is 5.11. The number of nitrogens with one attached hydrogen (secondary N) is 1. The van der Waals surface area contributed by atoms with Gasteiger partial charge in [0, 0.05) is 10.5 Å². The highest BCUT2D eigenvalue weighted by Crippen LogP contribution is 2.22. The summed E-state index contributed by atoms with van der Waals surface area (Å²) >= 11 is 3.55. The van der Waals surface area contributed by atoms with Crippen molar-refractivity contribution in [3.05, 3.63) is 34.3 Å². The Morgan fingerprint density at radius 2 is 1.83 bits per heavy atom. The lowest BCUT2D eigenvalue weighted by molar-refractivity contribution is 0.322. The van der Waals surface area contributed by atoms with Gasteiger partial charge in [-0.2, -0.15) is 0 Å². The fraction of sp³-hybridized carbons (Fsp3) is 0.625. The molecule has 1 unspecified atom stereocenters. The highest BCUT2D eigenvalue weighted by Gasteiger charge is 2.18. The third-order valence-corrected chi connectivity index (χ3v) is 4.10. The first-order valence-corrected chi connectivity index (χ1v) is 7.92. The number of benzene rings is 1. The van der Waals surface area contributed by atoms with Crippen LogP contribution in [0.15, 0.2) is 28.7 Å². The molecule has 1 nitrogen and oxygen atoms in total. The summed E-state index contributed by atoms with van der Waals surface area (Å²) in [5, 5.41) is 3.52. The van der Waals surface area contributed by atoms with Crippen LogP contribution in [0, 0.1) is 5.92 Å². The summed E-state index contributed by atoms with van der Waals surface area (Å²) in [5.74, 6) is 0.795. The Morgan fingerprint density at radius 1 is 1.17 bits per heavy atom. The van der Waals surface area contributed by atoms with Gasteiger partial charge < -0.3 is 5.32 Å². The summed E-state index contributed by atoms with van der Waals surface area (Å²) in [6.07, 6.45) is 6.34. The summed E-state index contributed by atoms with van der Waals surface area (Å²) in [4.78, 5) is 0. The predicted octanol–water partition coefficient (Wildman–Crippen LogP) is 4.80. The van der Waals surface area contributed by atoms with Gasteiger partial charge in [-0.25, -0.2) is 0 Å². The smallest absolute Gasteiger partial charge is 0.0178 e. The van der Waals surface area contributed by atoms with E-state index in [0.717, 1.165) is 12.3 Å². The maximum Gasteiger partial charge on any atom is 0.0178 e. The predicted molar refractivity (Wildman–Crippen MR) is 84.0 cm³/mol. The molecule has 1 aromatic carbocycles. The van der Waals surface area contributed by atoms with Crippen molar-refractivity contribution in [1.82, 2.24) is 5.32 Å². The first-order valence-electron chi connectivity index (χ1n) is 7.12. The van der Waals surface area contributed by atoms with Crippen LogP contribution in [0.25, 0.3) is 0 Å². The zero-order valence-electron chi connectivity index (χ0n) is 11.9. The Labute approximate surface area is 120 Å². The van der Waals surface area contributed by atoms with E-state index in [0.29, 0.717) is 6.04 Å². The van der Waals surface area contributed by atoms with Gasteiger partial charge in [-0.05, 0) is 49.9 Å². The fourth-order valence-electron chi connectivity index (χ4n) is 2.71. The largest absolute Gasteiger partial charge is 0.316 e. The quantitative estimate of drug-likeness (QED) is 0.727. The van der Waals surface area contributed by atoms with Crippen LogP contribution in [0.5, 0.6) is 0 Å². The average Bonchev–Trinajstić information content (AvgIpc) is 2.36. The van der Waals surface area contributed by atoms with E-state index >= 15 is 0 Å². The summed E-state index contributed by atoms with van der Waals surface area (Å²) in [7, 11) is 2.10. The lowest BCUT2D eigenvalue weighted by Crippen LogP contribution is -2.35. The average molecular weight is 312 g/mol. The zero-order chi connectivity index (χ0) is 13.4. The van der Waals surface area contributed by atoms with E-state index in [9.17, 15) is 0 Å². The molecular formula is C16H26BrN. The van der Waals surface area contributed by atoms with Crippen molar-refractivity contribution < 1.29 is 0 Å². The second-order valence-corrected chi connectivity index (χ2v) is 5.98. The molecule has 1 rings (SSSR count). The molecule has 0 saturated heterocycles. The Kier molecular flexibility index (Phi) is 7.60. The second kappa shape index (κ2) is 8.71. The van der Waals surface area contributed by atoms with Gasteiger partial charge in [-0.3, -0.25) is 0 Å². The number of rotatable bonds is 8. The van der Waals surface area contributed by atoms with Crippen molar-refractivity contribution in [2.24, 2.45) is 5.92 Å². The molecule has 1 N–H and O–H groups in total. The van der Waals surface area contributed by atoms with Gasteiger partial charge in [0.1, 0.15) is 0 Å². The van der Waals surface area contributed by atoms with Crippen LogP contribution in [-0.2, 0) is 6.42 Å². The summed E-state index contributed by atoms with van der Waals surface area (Å²) < 4.78 is 1.18. The second-order valence-electron chi connectivity index (χ2n) is 5.07. The lowest BCUT2D eigenvalue weighted by atomic mass is 9.87. The molecule has 2 heteroatoms. The fourth-order valence-corrected chi connectivity index (χ4v) is 3.16. The van der Waals surface area contributed by atoms with Crippen LogP contribution in [0.1, 0.15) is 45.1 Å². The third-order valence-electron chi connectivity index (χ3n) is 3.60. The van der Waals surface area contributed by atoms with Gasteiger partial charge in [-0.15, -0.1) is 0 Å². The minimum Gasteiger partial charge on any atom is -0.316 e. The Bertz CT molecular complexity index is 332. The molecule has 0 aliphatic heterocycles. The first kappa shape index (κ1) is 15.7. The van der Waals surface area contributed by atoms with Crippen molar-refractivity contribution in [3.63, 3.8) is 0 Å². The standard InChI is InChI=1S/C16H26BrN/c1-4-7-14(8-5-2)16(18-3)12-13-9-6-10-15(17)11-13/h6,9-11,14,16,18H,4-5,7-8,12H2,1-3H3. The number of hydrogen-bond donors (Lipinski definition) is 1. The van der Waals surface area contributed by atoms with Crippen molar-refractivity contribution in [2.75, 3.05) is 7.05 Å². The van der Waals surface area contributed by atoms with Gasteiger partial charge in [0.25, 0.3) is 0 Å². The molecule has 1 aromatic rings. The Balaban J connectivity index is 2.69. The Hall–Kier alpha value is -0.340. The molecule has 1 atom stereocenters. The van der Waals surface area contributed by atoms with Crippen LogP contribution in [0.3, 0.4) is 0 Å². The molecule has 0 aliphatic carbocycles. The molecule has 0 bridgehead atoms. The van der Waals surface area contributed by atoms with Crippen LogP contribution in [0.4, 0.5) is 0 Å². The highest BCUT2D eigenvalue weighted by atomic mass is 79.9. The topological polar surface area (TPSA) is 12.0 Å². The number of hydrogen-bond acceptors (Lipinski definition) is 1. The summed E-state index contributed by atoms with van der Waals surface area (Å²) in [6, 6.07) is 9.27. The van der Waals surface area contributed by atoms with Crippen molar-refractivity contribution in [1.29, 1.82) is 0 Å². The van der Waals surface area contributed by atoms with Crippen LogP contribution >= 0.6 is 15.9 Å². The zero-order valence-corrected chi connectivity index (χ0v) is 13.5. The normalized spacial score (nSPS) is 12.9. The molecule has 0 heterocycles. The maximum absolute atomic E-state index is 3.55. The number of halogens is 1. The first-order chi connectivity index (χ1) is 8.71. The Morgan fingerprint density at radius 3 is 2.33 bits per heavy atom. The molecule has 0 aliphatic rings. The van der Waals surface area contributed by atoms with Crippen molar-refractivity contribution in [3.8, 4) is 0 Å². The molecular weight excluding hydrogens is 286 g/mol. The van der Waals surface area contributed by atoms with E-state index < -0.39 is 0 Å². The van der Waals surface area contributed by atoms with E-state index in [-0.39, 0.29) is 0 Å². The van der Waals surface area contributed by atoms with Crippen LogP contribution < -0.4 is 5.32 Å². The van der Waals surface area contributed by atoms with Gasteiger partial charge in [0.15, 0.2) is 0 Å². The SMILES string of the molecule is CCCC(CCC)C(Cc1cccc(Br)c1)NC. The van der Waals surface area contributed by atoms with E-state index in [1.807, 2.05) is 0 Å². The number of likely N-dealkylation sites (N-methyl/N-ethyl adjacent to an activating group) is 1. The highest BCUT2D eigenvalue weighted by molar-refractivity contribution is 9.10. The maximum atomic E-state index is 3.55. The molecule has 0 amide bonds. The molecule has 0 saturated carbocycles. The minimum absolute atomic E-state index is 0.596. The lowest BCUT2D eigenvalue weighted by Gasteiger charge is -2.26. The van der Waals surface area contributed by atoms with Crippen molar-refractivity contribution >= 4 is 15.9 Å². The van der Waals surface area contributed by atoms with E-state index in [1.165, 1.54) is 35.7 Å². The van der Waals surface area contributed by atoms with Crippen molar-refractivity contribution in [2.45, 2.75) is 52.0 Å². The van der Waals surface area contributed by atoms with Crippen LogP contribution in [-0.4, -0.2) is 13.1 Å². The molecule has 0 radical (unpaired) electrons. The van der Waals surface area contributed by atoms with Gasteiger partial charge in [-0.1, -0.05) is 54.8 Å². The van der Waals surface area contributed by atoms with Gasteiger partial charge >= 0.3 is 0 Å². The van der Waals surface area contributed by atoms with E-state index in [1.54, 1.807) is 0 Å². The molecule has 18 heavy (non-hydrogen) atoms. The van der Waals surface area contributed by atoms with Crippen LogP contribution in [0.2, 0.25) is 0 Å². The van der Waals surface area contributed by atoms with E-state index in [4.69, 9.17) is 0 Å². The van der Waals surface area contributed by atoms with Gasteiger partial charge in [0.2, 0.25) is 0 Å². The minimum atomic E-state index is 0.596. The molecule has 0 fully saturated rings. The summed E-state index contributed by atoms with van der Waals surface area (Å²) in [6.45, 7) is 4.57. The molecule has 102 valence electrons. The molecule has 0 spiro atoms. The summed E-state index contributed by atoms with van der Waals surface area (Å²) in [5.41, 5.74) is 1.42. The molecule has 0 aromatic heterocycles. The van der Waals surface area contributed by atoms with E-state index in [2.05, 4.69) is 66.4 Å².